The van der Waals surface area contributed by atoms with E-state index in [-0.39, 0.29) is 5.91 Å². The lowest BCUT2D eigenvalue weighted by atomic mass is 10.3. The molecule has 5 heteroatoms. The van der Waals surface area contributed by atoms with Gasteiger partial charge in [-0.15, -0.1) is 0 Å². The second-order valence-corrected chi connectivity index (χ2v) is 4.72. The Bertz CT molecular complexity index is 402. The minimum Gasteiger partial charge on any atom is -0.492 e. The van der Waals surface area contributed by atoms with Gasteiger partial charge in [-0.05, 0) is 45.2 Å². The molecule has 112 valence electrons. The summed E-state index contributed by atoms with van der Waals surface area (Å²) in [7, 11) is 1.92. The van der Waals surface area contributed by atoms with Gasteiger partial charge in [-0.3, -0.25) is 9.69 Å². The predicted molar refractivity (Wildman–Crippen MR) is 81.8 cm³/mol. The van der Waals surface area contributed by atoms with Gasteiger partial charge in [0, 0.05) is 25.3 Å². The Morgan fingerprint density at radius 3 is 2.35 bits per heavy atom. The van der Waals surface area contributed by atoms with Gasteiger partial charge in [0.05, 0.1) is 6.54 Å². The maximum absolute atomic E-state index is 11.9. The highest BCUT2D eigenvalue weighted by Gasteiger charge is 2.11. The maximum Gasteiger partial charge on any atom is 0.236 e. The van der Waals surface area contributed by atoms with E-state index >= 15 is 0 Å². The average Bonchev–Trinajstić information content (AvgIpc) is 2.42. The molecule has 0 saturated heterocycles. The average molecular weight is 279 g/mol. The van der Waals surface area contributed by atoms with E-state index in [2.05, 4.69) is 0 Å². The summed E-state index contributed by atoms with van der Waals surface area (Å²) < 4.78 is 5.60. The van der Waals surface area contributed by atoms with E-state index in [1.165, 1.54) is 0 Å². The molecule has 0 aliphatic heterocycles. The van der Waals surface area contributed by atoms with Crippen molar-refractivity contribution in [2.24, 2.45) is 0 Å². The summed E-state index contributed by atoms with van der Waals surface area (Å²) in [5.74, 6) is 0.952. The standard InChI is InChI=1S/C15H25N3O2/c1-4-18(5-2)15(19)12-17(3)10-11-20-14-8-6-13(16)7-9-14/h6-9H,4-5,10-12,16H2,1-3H3. The summed E-state index contributed by atoms with van der Waals surface area (Å²) in [5.41, 5.74) is 6.33. The Balaban J connectivity index is 2.27. The van der Waals surface area contributed by atoms with Crippen LogP contribution in [-0.4, -0.2) is 55.5 Å². The number of likely N-dealkylation sites (N-methyl/N-ethyl adjacent to an activating group) is 2. The van der Waals surface area contributed by atoms with Crippen LogP contribution in [0.4, 0.5) is 5.69 Å². The van der Waals surface area contributed by atoms with Crippen molar-refractivity contribution < 1.29 is 9.53 Å². The SMILES string of the molecule is CCN(CC)C(=O)CN(C)CCOc1ccc(N)cc1. The second-order valence-electron chi connectivity index (χ2n) is 4.72. The number of amides is 1. The van der Waals surface area contributed by atoms with Crippen molar-refractivity contribution in [1.82, 2.24) is 9.80 Å². The lowest BCUT2D eigenvalue weighted by Gasteiger charge is -2.23. The van der Waals surface area contributed by atoms with Gasteiger partial charge in [-0.1, -0.05) is 0 Å². The summed E-state index contributed by atoms with van der Waals surface area (Å²) in [4.78, 5) is 15.7. The first-order valence-electron chi connectivity index (χ1n) is 7.01. The fourth-order valence-electron chi connectivity index (χ4n) is 1.87. The van der Waals surface area contributed by atoms with Gasteiger partial charge in [-0.2, -0.15) is 0 Å². The van der Waals surface area contributed by atoms with Gasteiger partial charge in [0.1, 0.15) is 12.4 Å². The fraction of sp³-hybridized carbons (Fsp3) is 0.533. The van der Waals surface area contributed by atoms with Crippen LogP contribution in [0.2, 0.25) is 0 Å². The fourth-order valence-corrected chi connectivity index (χ4v) is 1.87. The molecule has 0 unspecified atom stereocenters. The molecule has 0 aromatic heterocycles. The first-order valence-corrected chi connectivity index (χ1v) is 7.01. The van der Waals surface area contributed by atoms with Crippen molar-refractivity contribution in [3.8, 4) is 5.75 Å². The van der Waals surface area contributed by atoms with E-state index in [4.69, 9.17) is 10.5 Å². The van der Waals surface area contributed by atoms with E-state index in [0.29, 0.717) is 19.7 Å². The van der Waals surface area contributed by atoms with E-state index in [1.807, 2.05) is 55.0 Å². The van der Waals surface area contributed by atoms with Crippen LogP contribution in [0, 0.1) is 0 Å². The van der Waals surface area contributed by atoms with Crippen molar-refractivity contribution in [3.05, 3.63) is 24.3 Å². The number of benzene rings is 1. The molecule has 1 aromatic rings. The van der Waals surface area contributed by atoms with E-state index in [0.717, 1.165) is 24.5 Å². The zero-order chi connectivity index (χ0) is 15.0. The number of hydrogen-bond donors (Lipinski definition) is 1. The van der Waals surface area contributed by atoms with Gasteiger partial charge in [-0.25, -0.2) is 0 Å². The van der Waals surface area contributed by atoms with Gasteiger partial charge >= 0.3 is 0 Å². The molecular formula is C15H25N3O2. The molecule has 0 fully saturated rings. The summed E-state index contributed by atoms with van der Waals surface area (Å²) in [5, 5.41) is 0. The van der Waals surface area contributed by atoms with Crippen LogP contribution < -0.4 is 10.5 Å². The Labute approximate surface area is 121 Å². The van der Waals surface area contributed by atoms with Crippen LogP contribution in [0.1, 0.15) is 13.8 Å². The van der Waals surface area contributed by atoms with Gasteiger partial charge in [0.2, 0.25) is 5.91 Å². The Morgan fingerprint density at radius 2 is 1.80 bits per heavy atom. The zero-order valence-corrected chi connectivity index (χ0v) is 12.6. The van der Waals surface area contributed by atoms with Crippen LogP contribution in [0.5, 0.6) is 5.75 Å². The molecule has 2 N–H and O–H groups in total. The van der Waals surface area contributed by atoms with Crippen molar-refractivity contribution in [2.75, 3.05) is 45.6 Å². The summed E-state index contributed by atoms with van der Waals surface area (Å²) >= 11 is 0. The third-order valence-electron chi connectivity index (χ3n) is 3.14. The quantitative estimate of drug-likeness (QED) is 0.732. The molecule has 1 rings (SSSR count). The number of nitrogens with two attached hydrogens (primary N) is 1. The van der Waals surface area contributed by atoms with E-state index in [1.54, 1.807) is 0 Å². The number of rotatable bonds is 8. The topological polar surface area (TPSA) is 58.8 Å². The molecule has 1 amide bonds. The van der Waals surface area contributed by atoms with Crippen molar-refractivity contribution >= 4 is 11.6 Å². The predicted octanol–water partition coefficient (Wildman–Crippen LogP) is 1.45. The Morgan fingerprint density at radius 1 is 1.20 bits per heavy atom. The number of nitrogen functional groups attached to an aromatic ring is 1. The van der Waals surface area contributed by atoms with Crippen LogP contribution in [0.15, 0.2) is 24.3 Å². The first kappa shape index (κ1) is 16.3. The molecule has 0 heterocycles. The van der Waals surface area contributed by atoms with Crippen LogP contribution >= 0.6 is 0 Å². The summed E-state index contributed by atoms with van der Waals surface area (Å²) in [6.45, 7) is 7.17. The monoisotopic (exact) mass is 279 g/mol. The van der Waals surface area contributed by atoms with Gasteiger partial charge in [0.25, 0.3) is 0 Å². The van der Waals surface area contributed by atoms with E-state index < -0.39 is 0 Å². The largest absolute Gasteiger partial charge is 0.492 e. The number of anilines is 1. The highest BCUT2D eigenvalue weighted by Crippen LogP contribution is 2.12. The summed E-state index contributed by atoms with van der Waals surface area (Å²) in [6.07, 6.45) is 0. The highest BCUT2D eigenvalue weighted by molar-refractivity contribution is 5.78. The number of ether oxygens (including phenoxy) is 1. The third kappa shape index (κ3) is 5.48. The van der Waals surface area contributed by atoms with Crippen molar-refractivity contribution in [2.45, 2.75) is 13.8 Å². The molecule has 0 saturated carbocycles. The zero-order valence-electron chi connectivity index (χ0n) is 12.6. The third-order valence-corrected chi connectivity index (χ3v) is 3.14. The lowest BCUT2D eigenvalue weighted by molar-refractivity contribution is -0.131. The molecule has 0 aliphatic carbocycles. The molecule has 0 spiro atoms. The lowest BCUT2D eigenvalue weighted by Crippen LogP contribution is -2.39. The number of carbonyl (C=O) groups excluding carboxylic acids is 1. The summed E-state index contributed by atoms with van der Waals surface area (Å²) in [6, 6.07) is 7.30. The molecule has 1 aromatic carbocycles. The Kier molecular flexibility index (Phi) is 6.87. The minimum atomic E-state index is 0.157. The molecule has 0 bridgehead atoms. The van der Waals surface area contributed by atoms with Gasteiger partial charge in [0.15, 0.2) is 0 Å². The second kappa shape index (κ2) is 8.43. The van der Waals surface area contributed by atoms with Crippen LogP contribution in [0.25, 0.3) is 0 Å². The smallest absolute Gasteiger partial charge is 0.236 e. The minimum absolute atomic E-state index is 0.157. The Hall–Kier alpha value is -1.75. The molecule has 20 heavy (non-hydrogen) atoms. The maximum atomic E-state index is 11.9. The van der Waals surface area contributed by atoms with Crippen molar-refractivity contribution in [3.63, 3.8) is 0 Å². The number of hydrogen-bond acceptors (Lipinski definition) is 4. The first-order chi connectivity index (χ1) is 9.56. The molecule has 0 atom stereocenters. The van der Waals surface area contributed by atoms with Crippen LogP contribution in [0.3, 0.4) is 0 Å². The molecule has 5 nitrogen and oxygen atoms in total. The van der Waals surface area contributed by atoms with Gasteiger partial charge < -0.3 is 15.4 Å². The molecular weight excluding hydrogens is 254 g/mol. The highest BCUT2D eigenvalue weighted by atomic mass is 16.5. The van der Waals surface area contributed by atoms with Crippen molar-refractivity contribution in [1.29, 1.82) is 0 Å². The van der Waals surface area contributed by atoms with Crippen LogP contribution in [-0.2, 0) is 4.79 Å². The number of nitrogens with zero attached hydrogens (tertiary/aromatic N) is 2. The normalized spacial score (nSPS) is 10.6. The molecule has 0 aliphatic rings. The molecule has 0 radical (unpaired) electrons. The number of carbonyl (C=O) groups is 1. The van der Waals surface area contributed by atoms with E-state index in [9.17, 15) is 4.79 Å².